The van der Waals surface area contributed by atoms with Crippen molar-refractivity contribution in [1.82, 2.24) is 19.3 Å². The fraction of sp³-hybridized carbons (Fsp3) is 0.462. The number of aromatic nitrogens is 4. The smallest absolute Gasteiger partial charge is 0.255 e. The maximum atomic E-state index is 12.0. The molecule has 2 aromatic heterocycles. The molecule has 6 heteroatoms. The lowest BCUT2D eigenvalue weighted by molar-refractivity contribution is 0.616. The van der Waals surface area contributed by atoms with Crippen LogP contribution in [0.3, 0.4) is 0 Å². The molecule has 2 rings (SSSR count). The van der Waals surface area contributed by atoms with Crippen molar-refractivity contribution in [3.63, 3.8) is 0 Å². The molecule has 0 fully saturated rings. The quantitative estimate of drug-likeness (QED) is 0.803. The molecule has 0 bridgehead atoms. The van der Waals surface area contributed by atoms with Crippen LogP contribution in [0.25, 0.3) is 0 Å². The first-order valence-electron chi connectivity index (χ1n) is 6.33. The Morgan fingerprint density at radius 3 is 2.58 bits per heavy atom. The minimum absolute atomic E-state index is 0.129. The van der Waals surface area contributed by atoms with E-state index in [9.17, 15) is 4.79 Å². The lowest BCUT2D eigenvalue weighted by Gasteiger charge is -2.10. The molecule has 19 heavy (non-hydrogen) atoms. The van der Waals surface area contributed by atoms with Gasteiger partial charge in [-0.1, -0.05) is 25.4 Å². The van der Waals surface area contributed by atoms with Crippen LogP contribution in [0, 0.1) is 0 Å². The summed E-state index contributed by atoms with van der Waals surface area (Å²) >= 11 is 5.82. The third-order valence-electron chi connectivity index (χ3n) is 3.08. The molecule has 5 nitrogen and oxygen atoms in total. The van der Waals surface area contributed by atoms with Crippen LogP contribution >= 0.6 is 11.6 Å². The summed E-state index contributed by atoms with van der Waals surface area (Å²) in [7, 11) is 1.88. The Morgan fingerprint density at radius 1 is 1.26 bits per heavy atom. The van der Waals surface area contributed by atoms with Crippen molar-refractivity contribution >= 4 is 11.6 Å². The molecule has 0 aromatic carbocycles. The average molecular weight is 281 g/mol. The van der Waals surface area contributed by atoms with E-state index in [0.29, 0.717) is 18.8 Å². The minimum Gasteiger partial charge on any atom is -0.291 e. The van der Waals surface area contributed by atoms with Gasteiger partial charge in [-0.05, 0) is 12.5 Å². The predicted molar refractivity (Wildman–Crippen MR) is 74.6 cm³/mol. The SMILES string of the molecule is CCc1cc(Cn2c(CC)nc(Cl)cc2=O)n(C)n1. The zero-order valence-corrected chi connectivity index (χ0v) is 12.1. The van der Waals surface area contributed by atoms with Crippen LogP contribution in [0.4, 0.5) is 0 Å². The Kier molecular flexibility index (Phi) is 4.04. The van der Waals surface area contributed by atoms with Gasteiger partial charge in [-0.2, -0.15) is 5.10 Å². The molecule has 0 spiro atoms. The summed E-state index contributed by atoms with van der Waals surface area (Å²) in [6, 6.07) is 3.36. The van der Waals surface area contributed by atoms with E-state index in [2.05, 4.69) is 17.0 Å². The van der Waals surface area contributed by atoms with Gasteiger partial charge >= 0.3 is 0 Å². The summed E-state index contributed by atoms with van der Waals surface area (Å²) in [5, 5.41) is 4.63. The van der Waals surface area contributed by atoms with Crippen molar-refractivity contribution in [3.05, 3.63) is 44.9 Å². The molecule has 0 radical (unpaired) electrons. The zero-order chi connectivity index (χ0) is 14.0. The second-order valence-electron chi connectivity index (χ2n) is 4.38. The highest BCUT2D eigenvalue weighted by atomic mass is 35.5. The van der Waals surface area contributed by atoms with Crippen LogP contribution < -0.4 is 5.56 Å². The fourth-order valence-corrected chi connectivity index (χ4v) is 2.21. The van der Waals surface area contributed by atoms with E-state index < -0.39 is 0 Å². The molecular weight excluding hydrogens is 264 g/mol. The Labute approximate surface area is 116 Å². The van der Waals surface area contributed by atoms with Crippen molar-refractivity contribution in [2.24, 2.45) is 7.05 Å². The van der Waals surface area contributed by atoms with Gasteiger partial charge in [0, 0.05) is 19.5 Å². The first-order chi connectivity index (χ1) is 9.05. The fourth-order valence-electron chi connectivity index (χ4n) is 2.02. The standard InChI is InChI=1S/C13H17ClN4O/c1-4-9-6-10(17(3)16-9)8-18-12(5-2)15-11(14)7-13(18)19/h6-7H,4-5,8H2,1-3H3. The van der Waals surface area contributed by atoms with Crippen LogP contribution in [-0.2, 0) is 26.4 Å². The van der Waals surface area contributed by atoms with E-state index in [0.717, 1.165) is 17.8 Å². The maximum Gasteiger partial charge on any atom is 0.255 e. The molecule has 0 aliphatic heterocycles. The van der Waals surface area contributed by atoms with E-state index >= 15 is 0 Å². The highest BCUT2D eigenvalue weighted by Crippen LogP contribution is 2.08. The van der Waals surface area contributed by atoms with E-state index in [4.69, 9.17) is 11.6 Å². The summed E-state index contributed by atoms with van der Waals surface area (Å²) < 4.78 is 3.45. The molecule has 2 heterocycles. The zero-order valence-electron chi connectivity index (χ0n) is 11.4. The number of aryl methyl sites for hydroxylation is 3. The van der Waals surface area contributed by atoms with Crippen molar-refractivity contribution in [2.75, 3.05) is 0 Å². The van der Waals surface area contributed by atoms with E-state index in [1.807, 2.05) is 20.0 Å². The number of hydrogen-bond donors (Lipinski definition) is 0. The Bertz CT molecular complexity index is 645. The summed E-state index contributed by atoms with van der Waals surface area (Å²) in [5.74, 6) is 0.691. The highest BCUT2D eigenvalue weighted by molar-refractivity contribution is 6.29. The average Bonchev–Trinajstić information content (AvgIpc) is 2.73. The molecule has 102 valence electrons. The first kappa shape index (κ1) is 13.8. The third kappa shape index (κ3) is 2.87. The van der Waals surface area contributed by atoms with Gasteiger partial charge in [0.05, 0.1) is 17.9 Å². The van der Waals surface area contributed by atoms with Gasteiger partial charge < -0.3 is 0 Å². The van der Waals surface area contributed by atoms with Gasteiger partial charge in [0.15, 0.2) is 0 Å². The molecule has 0 saturated heterocycles. The molecule has 0 amide bonds. The largest absolute Gasteiger partial charge is 0.291 e. The van der Waals surface area contributed by atoms with E-state index in [1.165, 1.54) is 6.07 Å². The summed E-state index contributed by atoms with van der Waals surface area (Å²) in [4.78, 5) is 16.2. The van der Waals surface area contributed by atoms with Crippen molar-refractivity contribution < 1.29 is 0 Å². The van der Waals surface area contributed by atoms with Crippen LogP contribution in [0.15, 0.2) is 16.9 Å². The van der Waals surface area contributed by atoms with Gasteiger partial charge in [-0.3, -0.25) is 14.0 Å². The van der Waals surface area contributed by atoms with Crippen LogP contribution in [0.1, 0.15) is 31.1 Å². The number of nitrogens with zero attached hydrogens (tertiary/aromatic N) is 4. The van der Waals surface area contributed by atoms with Gasteiger partial charge in [0.25, 0.3) is 5.56 Å². The molecule has 0 atom stereocenters. The van der Waals surface area contributed by atoms with Gasteiger partial charge in [0.2, 0.25) is 0 Å². The van der Waals surface area contributed by atoms with E-state index in [-0.39, 0.29) is 10.7 Å². The third-order valence-corrected chi connectivity index (χ3v) is 3.28. The lowest BCUT2D eigenvalue weighted by Crippen LogP contribution is -2.25. The Balaban J connectivity index is 2.42. The molecule has 0 aliphatic carbocycles. The maximum absolute atomic E-state index is 12.0. The molecular formula is C13H17ClN4O. The second-order valence-corrected chi connectivity index (χ2v) is 4.76. The van der Waals surface area contributed by atoms with Crippen LogP contribution in [0.2, 0.25) is 5.15 Å². The van der Waals surface area contributed by atoms with E-state index in [1.54, 1.807) is 9.25 Å². The Hall–Kier alpha value is -1.62. The molecule has 0 saturated carbocycles. The summed E-state index contributed by atoms with van der Waals surface area (Å²) in [6.45, 7) is 4.48. The number of hydrogen-bond acceptors (Lipinski definition) is 3. The lowest BCUT2D eigenvalue weighted by atomic mass is 10.3. The summed E-state index contributed by atoms with van der Waals surface area (Å²) in [6.07, 6.45) is 1.54. The van der Waals surface area contributed by atoms with Crippen molar-refractivity contribution in [1.29, 1.82) is 0 Å². The molecule has 0 aliphatic rings. The number of halogens is 1. The molecule has 2 aromatic rings. The topological polar surface area (TPSA) is 52.7 Å². The monoisotopic (exact) mass is 280 g/mol. The molecule has 0 N–H and O–H groups in total. The molecule has 0 unspecified atom stereocenters. The second kappa shape index (κ2) is 5.57. The first-order valence-corrected chi connectivity index (χ1v) is 6.71. The minimum atomic E-state index is -0.129. The van der Waals surface area contributed by atoms with Gasteiger partial charge in [-0.25, -0.2) is 4.98 Å². The van der Waals surface area contributed by atoms with Gasteiger partial charge in [-0.15, -0.1) is 0 Å². The number of rotatable bonds is 4. The van der Waals surface area contributed by atoms with Crippen molar-refractivity contribution in [3.8, 4) is 0 Å². The predicted octanol–water partition coefficient (Wildman–Crippen LogP) is 1.80. The highest BCUT2D eigenvalue weighted by Gasteiger charge is 2.10. The van der Waals surface area contributed by atoms with Crippen LogP contribution in [-0.4, -0.2) is 19.3 Å². The van der Waals surface area contributed by atoms with Crippen LogP contribution in [0.5, 0.6) is 0 Å². The van der Waals surface area contributed by atoms with Gasteiger partial charge in [0.1, 0.15) is 11.0 Å². The normalized spacial score (nSPS) is 10.9. The summed E-state index contributed by atoms with van der Waals surface area (Å²) in [5.41, 5.74) is 1.87. The Morgan fingerprint density at radius 2 is 2.00 bits per heavy atom. The van der Waals surface area contributed by atoms with Crippen molar-refractivity contribution in [2.45, 2.75) is 33.2 Å².